The van der Waals surface area contributed by atoms with Gasteiger partial charge in [-0.05, 0) is 62.8 Å². The minimum atomic E-state index is -3.39. The van der Waals surface area contributed by atoms with E-state index in [0.29, 0.717) is 36.9 Å². The zero-order valence-electron chi connectivity index (χ0n) is 18.6. The minimum absolute atomic E-state index is 0.175. The third kappa shape index (κ3) is 5.83. The summed E-state index contributed by atoms with van der Waals surface area (Å²) in [5.41, 5.74) is 1.01. The number of nitrogens with zero attached hydrogens (tertiary/aromatic N) is 3. The number of likely N-dealkylation sites (tertiary alicyclic amines) is 1. The summed E-state index contributed by atoms with van der Waals surface area (Å²) in [6.07, 6.45) is 7.35. The molecule has 2 aliphatic heterocycles. The number of sulfonamides is 1. The maximum Gasteiger partial charge on any atom is 0.243 e. The van der Waals surface area contributed by atoms with Gasteiger partial charge in [0.1, 0.15) is 0 Å². The van der Waals surface area contributed by atoms with Crippen molar-refractivity contribution in [1.82, 2.24) is 14.1 Å². The van der Waals surface area contributed by atoms with Crippen LogP contribution in [0.25, 0.3) is 0 Å². The molecule has 3 rings (SSSR count). The maximum absolute atomic E-state index is 12.8. The van der Waals surface area contributed by atoms with Gasteiger partial charge in [0.25, 0.3) is 0 Å². The lowest BCUT2D eigenvalue weighted by Crippen LogP contribution is -2.45. The Hall–Kier alpha value is -1.44. The van der Waals surface area contributed by atoms with Crippen molar-refractivity contribution in [1.29, 1.82) is 0 Å². The van der Waals surface area contributed by atoms with Crippen LogP contribution in [0.3, 0.4) is 0 Å². The summed E-state index contributed by atoms with van der Waals surface area (Å²) in [6.45, 7) is 6.72. The zero-order chi connectivity index (χ0) is 21.6. The molecular weight excluding hydrogens is 398 g/mol. The first-order chi connectivity index (χ1) is 14.4. The molecule has 0 saturated carbocycles. The van der Waals surface area contributed by atoms with E-state index in [2.05, 4.69) is 11.8 Å². The minimum Gasteiger partial charge on any atom is -0.343 e. The second-order valence-electron chi connectivity index (χ2n) is 8.69. The number of carbonyl (C=O) groups excluding carboxylic acids is 1. The van der Waals surface area contributed by atoms with E-state index in [4.69, 9.17) is 0 Å². The predicted molar refractivity (Wildman–Crippen MR) is 120 cm³/mol. The van der Waals surface area contributed by atoms with Gasteiger partial charge in [0.15, 0.2) is 0 Å². The molecular formula is C23H37N3O3S. The number of rotatable bonds is 8. The summed E-state index contributed by atoms with van der Waals surface area (Å²) >= 11 is 0. The first-order valence-electron chi connectivity index (χ1n) is 11.5. The van der Waals surface area contributed by atoms with Crippen LogP contribution in [-0.2, 0) is 21.2 Å². The molecule has 30 heavy (non-hydrogen) atoms. The fraction of sp³-hybridized carbons (Fsp3) is 0.696. The topological polar surface area (TPSA) is 60.9 Å². The normalized spacial score (nSPS) is 19.7. The Labute approximate surface area is 182 Å². The fourth-order valence-corrected chi connectivity index (χ4v) is 6.08. The molecule has 0 aromatic heterocycles. The van der Waals surface area contributed by atoms with Crippen LogP contribution in [0.2, 0.25) is 0 Å². The standard InChI is InChI=1S/C23H37N3O3S/c1-3-15-25-18-13-21(14-19-25)24(2)23(27)12-9-20-7-10-22(11-8-20)30(28,29)26-16-5-4-6-17-26/h7-8,10-11,21H,3-6,9,12-19H2,1-2H3. The average molecular weight is 436 g/mol. The molecule has 2 heterocycles. The highest BCUT2D eigenvalue weighted by atomic mass is 32.2. The van der Waals surface area contributed by atoms with Crippen molar-refractivity contribution in [3.8, 4) is 0 Å². The molecule has 2 saturated heterocycles. The van der Waals surface area contributed by atoms with Crippen LogP contribution in [0.4, 0.5) is 0 Å². The SMILES string of the molecule is CCCN1CCC(N(C)C(=O)CCc2ccc(S(=O)(=O)N3CCCCC3)cc2)CC1. The molecule has 2 aliphatic rings. The van der Waals surface area contributed by atoms with Crippen molar-refractivity contribution in [2.24, 2.45) is 0 Å². The number of hydrogen-bond donors (Lipinski definition) is 0. The lowest BCUT2D eigenvalue weighted by Gasteiger charge is -2.36. The lowest BCUT2D eigenvalue weighted by atomic mass is 10.0. The van der Waals surface area contributed by atoms with Crippen molar-refractivity contribution in [3.05, 3.63) is 29.8 Å². The second-order valence-corrected chi connectivity index (χ2v) is 10.6. The molecule has 1 amide bonds. The Morgan fingerprint density at radius 1 is 1.03 bits per heavy atom. The molecule has 2 fully saturated rings. The highest BCUT2D eigenvalue weighted by Gasteiger charge is 2.26. The van der Waals surface area contributed by atoms with E-state index in [1.54, 1.807) is 16.4 Å². The molecule has 0 atom stereocenters. The molecule has 6 nitrogen and oxygen atoms in total. The Kier molecular flexibility index (Phi) is 8.31. The van der Waals surface area contributed by atoms with Crippen LogP contribution in [0.1, 0.15) is 57.4 Å². The number of carbonyl (C=O) groups is 1. The van der Waals surface area contributed by atoms with Gasteiger partial charge < -0.3 is 9.80 Å². The van der Waals surface area contributed by atoms with Gasteiger partial charge in [0.2, 0.25) is 15.9 Å². The van der Waals surface area contributed by atoms with Crippen molar-refractivity contribution >= 4 is 15.9 Å². The van der Waals surface area contributed by atoms with E-state index in [-0.39, 0.29) is 5.91 Å². The predicted octanol–water partition coefficient (Wildman–Crippen LogP) is 3.13. The van der Waals surface area contributed by atoms with Gasteiger partial charge in [0.05, 0.1) is 4.90 Å². The van der Waals surface area contributed by atoms with Crippen LogP contribution in [0, 0.1) is 0 Å². The van der Waals surface area contributed by atoms with E-state index in [9.17, 15) is 13.2 Å². The first-order valence-corrected chi connectivity index (χ1v) is 12.9. The van der Waals surface area contributed by atoms with Crippen LogP contribution in [0.15, 0.2) is 29.2 Å². The Morgan fingerprint density at radius 2 is 1.67 bits per heavy atom. The summed E-state index contributed by atoms with van der Waals surface area (Å²) in [6, 6.07) is 7.43. The van der Waals surface area contributed by atoms with Crippen molar-refractivity contribution < 1.29 is 13.2 Å². The van der Waals surface area contributed by atoms with Crippen molar-refractivity contribution in [2.75, 3.05) is 39.8 Å². The third-order valence-corrected chi connectivity index (χ3v) is 8.45. The molecule has 0 radical (unpaired) electrons. The highest BCUT2D eigenvalue weighted by molar-refractivity contribution is 7.89. The number of amides is 1. The molecule has 0 unspecified atom stereocenters. The smallest absolute Gasteiger partial charge is 0.243 e. The van der Waals surface area contributed by atoms with Gasteiger partial charge in [0, 0.05) is 45.7 Å². The molecule has 1 aromatic carbocycles. The van der Waals surface area contributed by atoms with Gasteiger partial charge in [-0.25, -0.2) is 8.42 Å². The molecule has 0 N–H and O–H groups in total. The third-order valence-electron chi connectivity index (χ3n) is 6.54. The van der Waals surface area contributed by atoms with Gasteiger partial charge in [-0.3, -0.25) is 4.79 Å². The van der Waals surface area contributed by atoms with E-state index >= 15 is 0 Å². The quantitative estimate of drug-likeness (QED) is 0.629. The number of piperidine rings is 2. The van der Waals surface area contributed by atoms with Crippen LogP contribution < -0.4 is 0 Å². The Morgan fingerprint density at radius 3 is 2.27 bits per heavy atom. The van der Waals surface area contributed by atoms with Gasteiger partial charge in [-0.15, -0.1) is 0 Å². The number of aryl methyl sites for hydroxylation is 1. The molecule has 0 spiro atoms. The van der Waals surface area contributed by atoms with Crippen molar-refractivity contribution in [3.63, 3.8) is 0 Å². The summed E-state index contributed by atoms with van der Waals surface area (Å²) in [5, 5.41) is 0. The average Bonchev–Trinajstić information content (AvgIpc) is 2.78. The van der Waals surface area contributed by atoms with E-state index in [0.717, 1.165) is 57.3 Å². The summed E-state index contributed by atoms with van der Waals surface area (Å²) in [4.78, 5) is 17.4. The Balaban J connectivity index is 1.49. The lowest BCUT2D eigenvalue weighted by molar-refractivity contribution is -0.132. The van der Waals surface area contributed by atoms with Gasteiger partial charge in [-0.2, -0.15) is 4.31 Å². The molecule has 0 bridgehead atoms. The number of benzene rings is 1. The second kappa shape index (κ2) is 10.7. The van der Waals surface area contributed by atoms with Crippen molar-refractivity contribution in [2.45, 2.75) is 69.2 Å². The van der Waals surface area contributed by atoms with Gasteiger partial charge >= 0.3 is 0 Å². The largest absolute Gasteiger partial charge is 0.343 e. The fourth-order valence-electron chi connectivity index (χ4n) is 4.56. The van der Waals surface area contributed by atoms with Crippen LogP contribution in [-0.4, -0.2) is 74.2 Å². The summed E-state index contributed by atoms with van der Waals surface area (Å²) < 4.78 is 27.1. The Bertz CT molecular complexity index is 780. The molecule has 168 valence electrons. The molecule has 1 aromatic rings. The monoisotopic (exact) mass is 435 g/mol. The zero-order valence-corrected chi connectivity index (χ0v) is 19.4. The first kappa shape index (κ1) is 23.2. The highest BCUT2D eigenvalue weighted by Crippen LogP contribution is 2.22. The molecule has 7 heteroatoms. The maximum atomic E-state index is 12.8. The summed E-state index contributed by atoms with van der Waals surface area (Å²) in [5.74, 6) is 0.175. The van der Waals surface area contributed by atoms with E-state index in [1.165, 1.54) is 6.42 Å². The van der Waals surface area contributed by atoms with Gasteiger partial charge in [-0.1, -0.05) is 25.5 Å². The summed E-state index contributed by atoms with van der Waals surface area (Å²) in [7, 11) is -1.47. The van der Waals surface area contributed by atoms with E-state index < -0.39 is 10.0 Å². The van der Waals surface area contributed by atoms with E-state index in [1.807, 2.05) is 24.1 Å². The number of hydrogen-bond acceptors (Lipinski definition) is 4. The van der Waals surface area contributed by atoms with Crippen LogP contribution >= 0.6 is 0 Å². The molecule has 0 aliphatic carbocycles. The van der Waals surface area contributed by atoms with Crippen LogP contribution in [0.5, 0.6) is 0 Å².